The van der Waals surface area contributed by atoms with Crippen molar-refractivity contribution in [1.29, 1.82) is 0 Å². The zero-order valence-corrected chi connectivity index (χ0v) is 16.1. The summed E-state index contributed by atoms with van der Waals surface area (Å²) < 4.78 is 4.92. The van der Waals surface area contributed by atoms with Gasteiger partial charge >= 0.3 is 0 Å². The number of methoxy groups -OCH3 is 1. The normalized spacial score (nSPS) is 15.8. The van der Waals surface area contributed by atoms with Crippen LogP contribution in [0.5, 0.6) is 0 Å². The smallest absolute Gasteiger partial charge is 0.239 e. The number of nitrogens with zero attached hydrogens (tertiary/aromatic N) is 3. The van der Waals surface area contributed by atoms with E-state index in [1.807, 2.05) is 0 Å². The van der Waals surface area contributed by atoms with Crippen LogP contribution in [-0.2, 0) is 16.1 Å². The van der Waals surface area contributed by atoms with Gasteiger partial charge in [0.05, 0.1) is 13.2 Å². The molecule has 0 bridgehead atoms. The molecule has 1 aliphatic heterocycles. The molecular weight excluding hydrogens is 330 g/mol. The van der Waals surface area contributed by atoms with E-state index in [9.17, 15) is 4.79 Å². The Morgan fingerprint density at radius 3 is 2.65 bits per heavy atom. The average Bonchev–Trinajstić information content (AvgIpc) is 2.64. The summed E-state index contributed by atoms with van der Waals surface area (Å²) in [6.45, 7) is 8.12. The van der Waals surface area contributed by atoms with Gasteiger partial charge in [-0.25, -0.2) is 0 Å². The molecule has 7 heteroatoms. The second kappa shape index (κ2) is 10.8. The number of hydrogen-bond acceptors (Lipinski definition) is 4. The first-order valence-electron chi connectivity index (χ1n) is 9.11. The Kier molecular flexibility index (Phi) is 8.37. The van der Waals surface area contributed by atoms with Crippen LogP contribution in [0.1, 0.15) is 11.1 Å². The van der Waals surface area contributed by atoms with Gasteiger partial charge in [0, 0.05) is 53.4 Å². The van der Waals surface area contributed by atoms with Gasteiger partial charge < -0.3 is 20.3 Å². The van der Waals surface area contributed by atoms with Crippen molar-refractivity contribution in [3.05, 3.63) is 35.4 Å². The second-order valence-electron chi connectivity index (χ2n) is 6.50. The number of ether oxygens (including phenoxy) is 1. The molecule has 0 radical (unpaired) electrons. The number of guanidine groups is 1. The quantitative estimate of drug-likeness (QED) is 0.419. The molecule has 7 nitrogen and oxygen atoms in total. The molecule has 1 amide bonds. The van der Waals surface area contributed by atoms with E-state index >= 15 is 0 Å². The summed E-state index contributed by atoms with van der Waals surface area (Å²) in [4.78, 5) is 20.8. The van der Waals surface area contributed by atoms with Crippen molar-refractivity contribution in [3.8, 4) is 0 Å². The Labute approximate surface area is 156 Å². The van der Waals surface area contributed by atoms with E-state index in [4.69, 9.17) is 4.74 Å². The van der Waals surface area contributed by atoms with Crippen molar-refractivity contribution < 1.29 is 9.53 Å². The number of aryl methyl sites for hydroxylation is 1. The Bertz CT molecular complexity index is 597. The molecule has 0 saturated carbocycles. The van der Waals surface area contributed by atoms with Crippen LogP contribution in [0, 0.1) is 6.92 Å². The summed E-state index contributed by atoms with van der Waals surface area (Å²) in [5, 5.41) is 5.94. The molecule has 0 spiro atoms. The topological polar surface area (TPSA) is 69.2 Å². The largest absolute Gasteiger partial charge is 0.383 e. The number of amides is 1. The van der Waals surface area contributed by atoms with Gasteiger partial charge in [0.1, 0.15) is 0 Å². The monoisotopic (exact) mass is 361 g/mol. The van der Waals surface area contributed by atoms with Gasteiger partial charge in [0.15, 0.2) is 5.96 Å². The third-order valence-electron chi connectivity index (χ3n) is 4.41. The number of nitrogens with one attached hydrogen (secondary N) is 2. The molecule has 2 rings (SSSR count). The number of hydrogen-bond donors (Lipinski definition) is 2. The molecule has 1 heterocycles. The van der Waals surface area contributed by atoms with Gasteiger partial charge in [0.25, 0.3) is 0 Å². The van der Waals surface area contributed by atoms with Gasteiger partial charge in [-0.3, -0.25) is 14.7 Å². The first-order chi connectivity index (χ1) is 12.6. The van der Waals surface area contributed by atoms with E-state index in [1.54, 1.807) is 14.2 Å². The van der Waals surface area contributed by atoms with Crippen LogP contribution >= 0.6 is 0 Å². The maximum absolute atomic E-state index is 11.8. The second-order valence-corrected chi connectivity index (χ2v) is 6.50. The number of piperazine rings is 1. The van der Waals surface area contributed by atoms with Gasteiger partial charge in [0.2, 0.25) is 5.91 Å². The number of benzene rings is 1. The van der Waals surface area contributed by atoms with Crippen molar-refractivity contribution >= 4 is 11.9 Å². The fourth-order valence-corrected chi connectivity index (χ4v) is 3.03. The highest BCUT2D eigenvalue weighted by molar-refractivity contribution is 5.86. The van der Waals surface area contributed by atoms with Gasteiger partial charge in [-0.05, 0) is 12.5 Å². The van der Waals surface area contributed by atoms with Gasteiger partial charge in [-0.1, -0.05) is 29.8 Å². The first-order valence-corrected chi connectivity index (χ1v) is 9.11. The van der Waals surface area contributed by atoms with Crippen molar-refractivity contribution in [2.24, 2.45) is 4.99 Å². The fraction of sp³-hybridized carbons (Fsp3) is 0.579. The maximum Gasteiger partial charge on any atom is 0.239 e. The van der Waals surface area contributed by atoms with Crippen LogP contribution in [0.25, 0.3) is 0 Å². The molecule has 0 aromatic heterocycles. The minimum atomic E-state index is -0.0544. The van der Waals surface area contributed by atoms with Crippen molar-refractivity contribution in [3.63, 3.8) is 0 Å². The molecule has 2 N–H and O–H groups in total. The van der Waals surface area contributed by atoms with Crippen molar-refractivity contribution in [2.45, 2.75) is 13.5 Å². The highest BCUT2D eigenvalue weighted by Crippen LogP contribution is 2.10. The van der Waals surface area contributed by atoms with Crippen LogP contribution in [-0.4, -0.2) is 81.7 Å². The van der Waals surface area contributed by atoms with E-state index in [1.165, 1.54) is 11.1 Å². The molecule has 1 saturated heterocycles. The molecule has 0 atom stereocenters. The van der Waals surface area contributed by atoms with Gasteiger partial charge in [-0.15, -0.1) is 0 Å². The number of carbonyl (C=O) groups excluding carboxylic acids is 1. The zero-order chi connectivity index (χ0) is 18.8. The van der Waals surface area contributed by atoms with Crippen LogP contribution < -0.4 is 10.6 Å². The summed E-state index contributed by atoms with van der Waals surface area (Å²) in [5.74, 6) is 0.725. The fourth-order valence-electron chi connectivity index (χ4n) is 3.03. The molecule has 26 heavy (non-hydrogen) atoms. The number of rotatable bonds is 7. The number of carbonyl (C=O) groups is 1. The number of aliphatic imine (C=N–C) groups is 1. The van der Waals surface area contributed by atoms with Crippen molar-refractivity contribution in [2.75, 3.05) is 60.0 Å². The average molecular weight is 361 g/mol. The lowest BCUT2D eigenvalue weighted by atomic mass is 10.1. The summed E-state index contributed by atoms with van der Waals surface area (Å²) in [6, 6.07) is 8.67. The standard InChI is InChI=1S/C19H31N5O2/c1-16-5-4-6-17(13-16)15-23-8-10-24(11-9-23)19(20-2)22-14-18(25)21-7-12-26-3/h4-6,13H,7-12,14-15H2,1-3H3,(H,20,22)(H,21,25). The molecule has 144 valence electrons. The third-order valence-corrected chi connectivity index (χ3v) is 4.41. The summed E-state index contributed by atoms with van der Waals surface area (Å²) >= 11 is 0. The van der Waals surface area contributed by atoms with Crippen LogP contribution in [0.2, 0.25) is 0 Å². The predicted molar refractivity (Wildman–Crippen MR) is 104 cm³/mol. The highest BCUT2D eigenvalue weighted by Gasteiger charge is 2.20. The Balaban J connectivity index is 1.73. The zero-order valence-electron chi connectivity index (χ0n) is 16.1. The van der Waals surface area contributed by atoms with Crippen LogP contribution in [0.4, 0.5) is 0 Å². The Morgan fingerprint density at radius 1 is 1.23 bits per heavy atom. The molecule has 1 fully saturated rings. The van der Waals surface area contributed by atoms with Crippen LogP contribution in [0.3, 0.4) is 0 Å². The van der Waals surface area contributed by atoms with Gasteiger partial charge in [-0.2, -0.15) is 0 Å². The third kappa shape index (κ3) is 6.65. The predicted octanol–water partition coefficient (Wildman–Crippen LogP) is 0.451. The summed E-state index contributed by atoms with van der Waals surface area (Å²) in [7, 11) is 3.37. The molecule has 0 unspecified atom stereocenters. The van der Waals surface area contributed by atoms with Crippen molar-refractivity contribution in [1.82, 2.24) is 20.4 Å². The Morgan fingerprint density at radius 2 is 2.00 bits per heavy atom. The molecule has 1 aromatic rings. The SMILES string of the molecule is CN=C(NCC(=O)NCCOC)N1CCN(Cc2cccc(C)c2)CC1. The Hall–Kier alpha value is -2.12. The van der Waals surface area contributed by atoms with E-state index in [0.29, 0.717) is 13.2 Å². The minimum absolute atomic E-state index is 0.0544. The highest BCUT2D eigenvalue weighted by atomic mass is 16.5. The van der Waals surface area contributed by atoms with E-state index in [0.717, 1.165) is 38.7 Å². The molecule has 0 aliphatic carbocycles. The first kappa shape index (κ1) is 20.2. The van der Waals surface area contributed by atoms with E-state index in [2.05, 4.69) is 56.6 Å². The van der Waals surface area contributed by atoms with Crippen LogP contribution in [0.15, 0.2) is 29.3 Å². The lowest BCUT2D eigenvalue weighted by molar-refractivity contribution is -0.120. The summed E-state index contributed by atoms with van der Waals surface area (Å²) in [5.41, 5.74) is 2.66. The summed E-state index contributed by atoms with van der Waals surface area (Å²) in [6.07, 6.45) is 0. The molecular formula is C19H31N5O2. The maximum atomic E-state index is 11.8. The molecule has 1 aromatic carbocycles. The lowest BCUT2D eigenvalue weighted by Gasteiger charge is -2.36. The lowest BCUT2D eigenvalue weighted by Crippen LogP contribution is -2.53. The molecule has 1 aliphatic rings. The minimum Gasteiger partial charge on any atom is -0.383 e. The van der Waals surface area contributed by atoms with E-state index in [-0.39, 0.29) is 12.5 Å². The van der Waals surface area contributed by atoms with E-state index < -0.39 is 0 Å².